The first-order valence-corrected chi connectivity index (χ1v) is 18.2. The van der Waals surface area contributed by atoms with E-state index in [2.05, 4.69) is 229 Å². The molecule has 9 aromatic carbocycles. The highest BCUT2D eigenvalue weighted by molar-refractivity contribution is 5.93. The van der Waals surface area contributed by atoms with E-state index in [4.69, 9.17) is 0 Å². The maximum Gasteiger partial charge on any atom is 0.0467 e. The van der Waals surface area contributed by atoms with Crippen LogP contribution in [0.3, 0.4) is 0 Å². The third kappa shape index (κ3) is 6.65. The summed E-state index contributed by atoms with van der Waals surface area (Å²) in [6.45, 7) is 0. The van der Waals surface area contributed by atoms with Gasteiger partial charge >= 0.3 is 0 Å². The van der Waals surface area contributed by atoms with Crippen molar-refractivity contribution < 1.29 is 0 Å². The molecule has 9 aromatic rings. The zero-order valence-electron chi connectivity index (χ0n) is 29.3. The van der Waals surface area contributed by atoms with Crippen LogP contribution in [0.2, 0.25) is 0 Å². The van der Waals surface area contributed by atoms with Crippen molar-refractivity contribution in [3.05, 3.63) is 224 Å². The highest BCUT2D eigenvalue weighted by atomic mass is 15.1. The SMILES string of the molecule is c1ccc(-c2ccc(N(c3ccc(-c4ccc(-c5ccc6ccccc6c5)c(-c5ccccc5)c4)cc3)c3cccc(-c4ccccc4)c3)cc2)cc1. The van der Waals surface area contributed by atoms with Crippen LogP contribution in [0.15, 0.2) is 224 Å². The molecular formula is C52H37N. The van der Waals surface area contributed by atoms with E-state index >= 15 is 0 Å². The van der Waals surface area contributed by atoms with Gasteiger partial charge in [0.15, 0.2) is 0 Å². The summed E-state index contributed by atoms with van der Waals surface area (Å²) in [6, 6.07) is 80.8. The summed E-state index contributed by atoms with van der Waals surface area (Å²) in [5, 5.41) is 2.50. The summed E-state index contributed by atoms with van der Waals surface area (Å²) in [5.41, 5.74) is 15.3. The Kier molecular flexibility index (Phi) is 8.66. The number of benzene rings is 9. The van der Waals surface area contributed by atoms with E-state index in [9.17, 15) is 0 Å². The Hall–Kier alpha value is -6.96. The van der Waals surface area contributed by atoms with Gasteiger partial charge in [-0.05, 0) is 115 Å². The first-order valence-electron chi connectivity index (χ1n) is 18.2. The third-order valence-corrected chi connectivity index (χ3v) is 10.1. The smallest absolute Gasteiger partial charge is 0.0467 e. The zero-order chi connectivity index (χ0) is 35.4. The minimum Gasteiger partial charge on any atom is -0.310 e. The summed E-state index contributed by atoms with van der Waals surface area (Å²) in [6.07, 6.45) is 0. The lowest BCUT2D eigenvalue weighted by Gasteiger charge is -2.26. The molecule has 0 saturated heterocycles. The van der Waals surface area contributed by atoms with Gasteiger partial charge in [0, 0.05) is 17.1 Å². The number of hydrogen-bond acceptors (Lipinski definition) is 1. The van der Waals surface area contributed by atoms with Gasteiger partial charge in [0.05, 0.1) is 0 Å². The molecule has 0 aliphatic rings. The molecule has 0 aliphatic heterocycles. The normalized spacial score (nSPS) is 11.0. The molecule has 0 radical (unpaired) electrons. The monoisotopic (exact) mass is 675 g/mol. The highest BCUT2D eigenvalue weighted by Gasteiger charge is 2.16. The van der Waals surface area contributed by atoms with Gasteiger partial charge < -0.3 is 4.90 Å². The highest BCUT2D eigenvalue weighted by Crippen LogP contribution is 2.40. The quantitative estimate of drug-likeness (QED) is 0.155. The molecule has 0 saturated carbocycles. The van der Waals surface area contributed by atoms with Gasteiger partial charge in [-0.25, -0.2) is 0 Å². The molecule has 250 valence electrons. The summed E-state index contributed by atoms with van der Waals surface area (Å²) < 4.78 is 0. The Labute approximate surface area is 311 Å². The summed E-state index contributed by atoms with van der Waals surface area (Å²) >= 11 is 0. The number of hydrogen-bond donors (Lipinski definition) is 0. The molecule has 53 heavy (non-hydrogen) atoms. The molecule has 0 atom stereocenters. The van der Waals surface area contributed by atoms with Gasteiger partial charge in [-0.15, -0.1) is 0 Å². The van der Waals surface area contributed by atoms with Gasteiger partial charge in [0.2, 0.25) is 0 Å². The number of fused-ring (bicyclic) bond motifs is 1. The van der Waals surface area contributed by atoms with Gasteiger partial charge in [-0.3, -0.25) is 0 Å². The predicted octanol–water partition coefficient (Wildman–Crippen LogP) is 14.6. The second-order valence-electron chi connectivity index (χ2n) is 13.4. The van der Waals surface area contributed by atoms with Crippen molar-refractivity contribution in [2.24, 2.45) is 0 Å². The molecule has 0 unspecified atom stereocenters. The van der Waals surface area contributed by atoms with Crippen LogP contribution in [0.25, 0.3) is 66.4 Å². The second kappa shape index (κ2) is 14.3. The molecule has 1 heteroatoms. The first kappa shape index (κ1) is 32.0. The van der Waals surface area contributed by atoms with Gasteiger partial charge in [0.25, 0.3) is 0 Å². The summed E-state index contributed by atoms with van der Waals surface area (Å²) in [5.74, 6) is 0. The standard InChI is InChI=1S/C52H37N/c1-4-13-38(14-5-1)41-25-30-48(31-26-41)53(50-22-12-21-45(36-50)39-15-6-2-7-16-39)49-32-27-42(28-33-49)46-29-34-51(52(37-46)43-18-8-3-9-19-43)47-24-23-40-17-10-11-20-44(40)35-47/h1-37H. The Morgan fingerprint density at radius 2 is 0.660 bits per heavy atom. The van der Waals surface area contributed by atoms with Crippen molar-refractivity contribution >= 4 is 27.8 Å². The zero-order valence-corrected chi connectivity index (χ0v) is 29.3. The molecule has 0 spiro atoms. The summed E-state index contributed by atoms with van der Waals surface area (Å²) in [4.78, 5) is 2.35. The average molecular weight is 676 g/mol. The van der Waals surface area contributed by atoms with Gasteiger partial charge in [-0.1, -0.05) is 176 Å². The van der Waals surface area contributed by atoms with Crippen LogP contribution < -0.4 is 4.90 Å². The Morgan fingerprint density at radius 3 is 1.30 bits per heavy atom. The van der Waals surface area contributed by atoms with E-state index in [1.165, 1.54) is 66.4 Å². The van der Waals surface area contributed by atoms with E-state index in [0.717, 1.165) is 17.1 Å². The van der Waals surface area contributed by atoms with Crippen molar-refractivity contribution in [3.8, 4) is 55.6 Å². The Bertz CT molecular complexity index is 2630. The van der Waals surface area contributed by atoms with E-state index in [1.54, 1.807) is 0 Å². The maximum atomic E-state index is 2.35. The van der Waals surface area contributed by atoms with Gasteiger partial charge in [0.1, 0.15) is 0 Å². The molecule has 0 aliphatic carbocycles. The molecule has 0 fully saturated rings. The first-order chi connectivity index (χ1) is 26.3. The number of rotatable bonds is 8. The van der Waals surface area contributed by atoms with Crippen molar-refractivity contribution in [3.63, 3.8) is 0 Å². The second-order valence-corrected chi connectivity index (χ2v) is 13.4. The minimum absolute atomic E-state index is 1.10. The predicted molar refractivity (Wildman–Crippen MR) is 226 cm³/mol. The fraction of sp³-hybridized carbons (Fsp3) is 0. The molecule has 0 bridgehead atoms. The fourth-order valence-corrected chi connectivity index (χ4v) is 7.33. The van der Waals surface area contributed by atoms with E-state index in [-0.39, 0.29) is 0 Å². The molecule has 0 N–H and O–H groups in total. The molecule has 1 nitrogen and oxygen atoms in total. The fourth-order valence-electron chi connectivity index (χ4n) is 7.33. The minimum atomic E-state index is 1.10. The van der Waals surface area contributed by atoms with E-state index < -0.39 is 0 Å². The van der Waals surface area contributed by atoms with Crippen molar-refractivity contribution in [1.29, 1.82) is 0 Å². The maximum absolute atomic E-state index is 2.35. The van der Waals surface area contributed by atoms with Crippen molar-refractivity contribution in [1.82, 2.24) is 0 Å². The molecular weight excluding hydrogens is 639 g/mol. The Balaban J connectivity index is 1.11. The van der Waals surface area contributed by atoms with E-state index in [0.29, 0.717) is 0 Å². The lowest BCUT2D eigenvalue weighted by molar-refractivity contribution is 1.28. The molecule has 0 amide bonds. The third-order valence-electron chi connectivity index (χ3n) is 10.1. The van der Waals surface area contributed by atoms with Crippen LogP contribution in [0.1, 0.15) is 0 Å². The largest absolute Gasteiger partial charge is 0.310 e. The number of anilines is 3. The molecule has 9 rings (SSSR count). The van der Waals surface area contributed by atoms with Crippen LogP contribution in [-0.2, 0) is 0 Å². The average Bonchev–Trinajstić information content (AvgIpc) is 3.25. The molecule has 0 aromatic heterocycles. The lowest BCUT2D eigenvalue weighted by Crippen LogP contribution is -2.10. The van der Waals surface area contributed by atoms with Crippen LogP contribution >= 0.6 is 0 Å². The van der Waals surface area contributed by atoms with Crippen molar-refractivity contribution in [2.45, 2.75) is 0 Å². The van der Waals surface area contributed by atoms with E-state index in [1.807, 2.05) is 0 Å². The summed E-state index contributed by atoms with van der Waals surface area (Å²) in [7, 11) is 0. The molecule has 0 heterocycles. The van der Waals surface area contributed by atoms with Gasteiger partial charge in [-0.2, -0.15) is 0 Å². The van der Waals surface area contributed by atoms with Crippen molar-refractivity contribution in [2.75, 3.05) is 4.90 Å². The Morgan fingerprint density at radius 1 is 0.208 bits per heavy atom. The van der Waals surface area contributed by atoms with Crippen LogP contribution in [0.5, 0.6) is 0 Å². The lowest BCUT2D eigenvalue weighted by atomic mass is 9.90. The topological polar surface area (TPSA) is 3.24 Å². The van der Waals surface area contributed by atoms with Crippen LogP contribution in [0, 0.1) is 0 Å². The number of nitrogens with zero attached hydrogens (tertiary/aromatic N) is 1. The van der Waals surface area contributed by atoms with Crippen LogP contribution in [0.4, 0.5) is 17.1 Å². The van der Waals surface area contributed by atoms with Crippen LogP contribution in [-0.4, -0.2) is 0 Å².